The van der Waals surface area contributed by atoms with Crippen LogP contribution in [0.15, 0.2) is 24.3 Å². The van der Waals surface area contributed by atoms with Crippen molar-refractivity contribution in [2.75, 3.05) is 0 Å². The Hall–Kier alpha value is -0.520. The van der Waals surface area contributed by atoms with Crippen LogP contribution < -0.4 is 0 Å². The van der Waals surface area contributed by atoms with E-state index < -0.39 is 0 Å². The average Bonchev–Trinajstić information content (AvgIpc) is 2.61. The molecule has 0 heteroatoms. The zero-order valence-corrected chi connectivity index (χ0v) is 8.64. The molecule has 3 aliphatic carbocycles. The summed E-state index contributed by atoms with van der Waals surface area (Å²) in [6, 6.07) is 0. The third-order valence-corrected chi connectivity index (χ3v) is 5.44. The molecule has 1 fully saturated rings. The summed E-state index contributed by atoms with van der Waals surface area (Å²) >= 11 is 0. The topological polar surface area (TPSA) is 0 Å². The summed E-state index contributed by atoms with van der Waals surface area (Å²) in [7, 11) is 0. The summed E-state index contributed by atoms with van der Waals surface area (Å²) in [5, 5.41) is 0. The van der Waals surface area contributed by atoms with E-state index >= 15 is 0 Å². The van der Waals surface area contributed by atoms with Crippen molar-refractivity contribution in [3.63, 3.8) is 0 Å². The van der Waals surface area contributed by atoms with Crippen molar-refractivity contribution in [3.05, 3.63) is 24.3 Å². The van der Waals surface area contributed by atoms with E-state index in [1.807, 2.05) is 0 Å². The first-order valence-corrected chi connectivity index (χ1v) is 5.46. The van der Waals surface area contributed by atoms with E-state index in [9.17, 15) is 0 Å². The minimum Gasteiger partial charge on any atom is -0.0879 e. The van der Waals surface area contributed by atoms with Crippen molar-refractivity contribution in [1.29, 1.82) is 0 Å². The predicted octanol–water partition coefficient (Wildman–Crippen LogP) is 3.70. The van der Waals surface area contributed by atoms with E-state index in [4.69, 9.17) is 0 Å². The van der Waals surface area contributed by atoms with Gasteiger partial charge in [0.25, 0.3) is 0 Å². The Bertz CT molecular complexity index is 258. The summed E-state index contributed by atoms with van der Waals surface area (Å²) in [5.41, 5.74) is 1.86. The Kier molecular flexibility index (Phi) is 1.17. The fourth-order valence-corrected chi connectivity index (χ4v) is 4.37. The fourth-order valence-electron chi connectivity index (χ4n) is 4.37. The Morgan fingerprint density at radius 1 is 0.692 bits per heavy atom. The van der Waals surface area contributed by atoms with Gasteiger partial charge < -0.3 is 0 Å². The van der Waals surface area contributed by atoms with Crippen molar-refractivity contribution in [3.8, 4) is 0 Å². The fraction of sp³-hybridized carbons (Fsp3) is 0.692. The molecule has 0 radical (unpaired) electrons. The average molecular weight is 174 g/mol. The first-order valence-electron chi connectivity index (χ1n) is 5.46. The minimum absolute atomic E-state index is 0.576. The van der Waals surface area contributed by atoms with Crippen molar-refractivity contribution in [1.82, 2.24) is 0 Å². The van der Waals surface area contributed by atoms with E-state index in [0.717, 1.165) is 0 Å². The van der Waals surface area contributed by atoms with Gasteiger partial charge in [0.2, 0.25) is 0 Å². The Balaban J connectivity index is 2.11. The summed E-state index contributed by atoms with van der Waals surface area (Å²) < 4.78 is 0. The molecule has 0 heterocycles. The number of allylic oxidation sites excluding steroid dienone is 4. The maximum atomic E-state index is 2.48. The Morgan fingerprint density at radius 2 is 1.00 bits per heavy atom. The van der Waals surface area contributed by atoms with Crippen molar-refractivity contribution in [2.24, 2.45) is 16.2 Å². The van der Waals surface area contributed by atoms with Crippen LogP contribution >= 0.6 is 0 Å². The van der Waals surface area contributed by atoms with Gasteiger partial charge in [0, 0.05) is 0 Å². The number of hydrogen-bond donors (Lipinski definition) is 0. The van der Waals surface area contributed by atoms with E-state index in [-0.39, 0.29) is 0 Å². The van der Waals surface area contributed by atoms with E-state index in [1.54, 1.807) is 0 Å². The molecule has 1 saturated carbocycles. The molecule has 0 bridgehead atoms. The SMILES string of the molecule is CC1(C)C23CC=CCC12CC=CC3. The number of hydrogen-bond acceptors (Lipinski definition) is 0. The van der Waals surface area contributed by atoms with Crippen LogP contribution in [0.2, 0.25) is 0 Å². The van der Waals surface area contributed by atoms with Gasteiger partial charge in [-0.25, -0.2) is 0 Å². The summed E-state index contributed by atoms with van der Waals surface area (Å²) in [6.45, 7) is 4.96. The van der Waals surface area contributed by atoms with Gasteiger partial charge in [-0.05, 0) is 41.9 Å². The molecular weight excluding hydrogens is 156 g/mol. The highest BCUT2D eigenvalue weighted by atomic mass is 14.8. The van der Waals surface area contributed by atoms with Crippen molar-refractivity contribution >= 4 is 0 Å². The monoisotopic (exact) mass is 174 g/mol. The second-order valence-corrected chi connectivity index (χ2v) is 5.55. The lowest BCUT2D eigenvalue weighted by atomic mass is 9.76. The molecular formula is C13H18. The van der Waals surface area contributed by atoms with Gasteiger partial charge in [0.15, 0.2) is 0 Å². The quantitative estimate of drug-likeness (QED) is 0.491. The maximum Gasteiger partial charge on any atom is -0.0104 e. The first-order chi connectivity index (χ1) is 6.16. The van der Waals surface area contributed by atoms with Crippen LogP contribution in [0.3, 0.4) is 0 Å². The standard InChI is InChI=1S/C13H18/c1-11(2)12-7-3-4-8-13(11,12)10-6-5-9-12/h3-6H,7-10H2,1-2H3. The predicted molar refractivity (Wildman–Crippen MR) is 55.4 cm³/mol. The van der Waals surface area contributed by atoms with Gasteiger partial charge in [-0.2, -0.15) is 0 Å². The smallest absolute Gasteiger partial charge is 0.0104 e. The van der Waals surface area contributed by atoms with Gasteiger partial charge in [-0.15, -0.1) is 0 Å². The van der Waals surface area contributed by atoms with Crippen LogP contribution in [-0.4, -0.2) is 0 Å². The number of rotatable bonds is 0. The second kappa shape index (κ2) is 1.94. The van der Waals surface area contributed by atoms with Gasteiger partial charge in [0.05, 0.1) is 0 Å². The molecule has 0 atom stereocenters. The molecule has 0 saturated heterocycles. The third kappa shape index (κ3) is 0.572. The van der Waals surface area contributed by atoms with Crippen LogP contribution in [0.5, 0.6) is 0 Å². The summed E-state index contributed by atoms with van der Waals surface area (Å²) in [6.07, 6.45) is 14.9. The maximum absolute atomic E-state index is 2.48. The lowest BCUT2D eigenvalue weighted by Crippen LogP contribution is -2.17. The minimum atomic E-state index is 0.576. The zero-order valence-electron chi connectivity index (χ0n) is 8.64. The molecule has 70 valence electrons. The zero-order chi connectivity index (χ0) is 9.16. The molecule has 13 heavy (non-hydrogen) atoms. The van der Waals surface area contributed by atoms with Crippen LogP contribution in [0.25, 0.3) is 0 Å². The molecule has 3 rings (SSSR count). The van der Waals surface area contributed by atoms with Crippen molar-refractivity contribution in [2.45, 2.75) is 39.5 Å². The van der Waals surface area contributed by atoms with E-state index in [1.165, 1.54) is 25.7 Å². The Labute approximate surface area is 80.7 Å². The second-order valence-electron chi connectivity index (χ2n) is 5.55. The molecule has 0 unspecified atom stereocenters. The summed E-state index contributed by atoms with van der Waals surface area (Å²) in [5.74, 6) is 0. The van der Waals surface area contributed by atoms with E-state index in [2.05, 4.69) is 38.2 Å². The third-order valence-electron chi connectivity index (χ3n) is 5.44. The molecule has 0 N–H and O–H groups in total. The van der Waals surface area contributed by atoms with Crippen LogP contribution in [0.4, 0.5) is 0 Å². The Morgan fingerprint density at radius 3 is 1.31 bits per heavy atom. The first kappa shape index (κ1) is 7.84. The molecule has 0 aromatic heterocycles. The largest absolute Gasteiger partial charge is 0.0879 e. The normalized spacial score (nSPS) is 49.7. The molecule has 3 aliphatic rings. The van der Waals surface area contributed by atoms with Crippen LogP contribution in [-0.2, 0) is 0 Å². The lowest BCUT2D eigenvalue weighted by Gasteiger charge is -2.28. The van der Waals surface area contributed by atoms with E-state index in [0.29, 0.717) is 16.2 Å². The lowest BCUT2D eigenvalue weighted by molar-refractivity contribution is 0.315. The van der Waals surface area contributed by atoms with Gasteiger partial charge in [0.1, 0.15) is 0 Å². The molecule has 0 amide bonds. The van der Waals surface area contributed by atoms with Crippen molar-refractivity contribution < 1.29 is 0 Å². The molecule has 0 aliphatic heterocycles. The highest BCUT2D eigenvalue weighted by Crippen LogP contribution is 2.86. The molecule has 0 spiro atoms. The highest BCUT2D eigenvalue weighted by Gasteiger charge is 2.79. The summed E-state index contributed by atoms with van der Waals surface area (Å²) in [4.78, 5) is 0. The molecule has 0 nitrogen and oxygen atoms in total. The van der Waals surface area contributed by atoms with Gasteiger partial charge in [-0.3, -0.25) is 0 Å². The van der Waals surface area contributed by atoms with Gasteiger partial charge >= 0.3 is 0 Å². The highest BCUT2D eigenvalue weighted by molar-refractivity contribution is 5.36. The van der Waals surface area contributed by atoms with Crippen LogP contribution in [0.1, 0.15) is 39.5 Å². The van der Waals surface area contributed by atoms with Crippen LogP contribution in [0, 0.1) is 16.2 Å². The molecule has 0 aromatic rings. The van der Waals surface area contributed by atoms with Gasteiger partial charge in [-0.1, -0.05) is 38.2 Å². The molecule has 0 aromatic carbocycles.